The summed E-state index contributed by atoms with van der Waals surface area (Å²) in [6, 6.07) is 0.668. The number of hydroxylamine groups is 2. The average Bonchev–Trinajstić information content (AvgIpc) is 2.71. The highest BCUT2D eigenvalue weighted by Crippen LogP contribution is 2.43. The van der Waals surface area contributed by atoms with Gasteiger partial charge in [0.2, 0.25) is 0 Å². The van der Waals surface area contributed by atoms with E-state index in [1.54, 1.807) is 7.11 Å². The first-order valence-electron chi connectivity index (χ1n) is 13.2. The van der Waals surface area contributed by atoms with E-state index < -0.39 is 0 Å². The molecule has 0 spiro atoms. The molecule has 34 heavy (non-hydrogen) atoms. The molecule has 4 atom stereocenters. The minimum Gasteiger partial charge on any atom is -0.462 e. The van der Waals surface area contributed by atoms with Crippen molar-refractivity contribution in [2.45, 2.75) is 136 Å². The van der Waals surface area contributed by atoms with E-state index in [9.17, 15) is 9.59 Å². The van der Waals surface area contributed by atoms with Crippen molar-refractivity contribution in [3.8, 4) is 0 Å². The number of nitrogens with zero attached hydrogens (tertiary/aromatic N) is 1. The molecule has 0 radical (unpaired) electrons. The Balaban J connectivity index is 1.89. The lowest BCUT2D eigenvalue weighted by Gasteiger charge is -2.56. The van der Waals surface area contributed by atoms with Crippen molar-refractivity contribution in [1.29, 1.82) is 0 Å². The van der Waals surface area contributed by atoms with Crippen LogP contribution in [0, 0.1) is 17.8 Å². The van der Waals surface area contributed by atoms with Gasteiger partial charge in [-0.25, -0.2) is 0 Å². The number of carbonyl (C=O) groups is 2. The van der Waals surface area contributed by atoms with Crippen LogP contribution in [0.5, 0.6) is 0 Å². The lowest BCUT2D eigenvalue weighted by Crippen LogP contribution is -2.64. The predicted molar refractivity (Wildman–Crippen MR) is 134 cm³/mol. The Labute approximate surface area is 207 Å². The van der Waals surface area contributed by atoms with Crippen molar-refractivity contribution in [3.63, 3.8) is 0 Å². The SMILES string of the molecule is CON1C(C)(C)CC(OC(=O)CCC(=O)OC2CC(C(C)C)NC(C(C)C)C2)CC1(C)C(C)C. The molecule has 7 heteroatoms. The Kier molecular flexibility index (Phi) is 10.0. The second-order valence-corrected chi connectivity index (χ2v) is 12.3. The van der Waals surface area contributed by atoms with E-state index in [2.05, 4.69) is 72.7 Å². The van der Waals surface area contributed by atoms with Gasteiger partial charge in [0.05, 0.1) is 20.0 Å². The first-order chi connectivity index (χ1) is 15.7. The van der Waals surface area contributed by atoms with Gasteiger partial charge in [0, 0.05) is 48.8 Å². The Morgan fingerprint density at radius 2 is 1.32 bits per heavy atom. The largest absolute Gasteiger partial charge is 0.462 e. The van der Waals surface area contributed by atoms with E-state index in [1.165, 1.54) is 0 Å². The van der Waals surface area contributed by atoms with Gasteiger partial charge in [-0.3, -0.25) is 9.59 Å². The highest BCUT2D eigenvalue weighted by atomic mass is 16.7. The van der Waals surface area contributed by atoms with Crippen molar-refractivity contribution in [1.82, 2.24) is 10.4 Å². The van der Waals surface area contributed by atoms with Crippen LogP contribution in [0.3, 0.4) is 0 Å². The zero-order chi connectivity index (χ0) is 25.8. The summed E-state index contributed by atoms with van der Waals surface area (Å²) in [4.78, 5) is 31.0. The van der Waals surface area contributed by atoms with E-state index in [0.717, 1.165) is 12.8 Å². The molecule has 0 aromatic rings. The van der Waals surface area contributed by atoms with Crippen molar-refractivity contribution < 1.29 is 23.9 Å². The van der Waals surface area contributed by atoms with Crippen LogP contribution in [0.25, 0.3) is 0 Å². The van der Waals surface area contributed by atoms with Gasteiger partial charge in [-0.1, -0.05) is 41.5 Å². The lowest BCUT2D eigenvalue weighted by atomic mass is 9.73. The molecule has 0 aromatic carbocycles. The summed E-state index contributed by atoms with van der Waals surface area (Å²) in [6.07, 6.45) is 2.81. The van der Waals surface area contributed by atoms with Crippen LogP contribution in [0.15, 0.2) is 0 Å². The smallest absolute Gasteiger partial charge is 0.306 e. The van der Waals surface area contributed by atoms with Crippen molar-refractivity contribution in [2.75, 3.05) is 7.11 Å². The summed E-state index contributed by atoms with van der Waals surface area (Å²) in [5, 5.41) is 5.76. The molecular weight excluding hydrogens is 432 g/mol. The molecule has 2 saturated heterocycles. The maximum Gasteiger partial charge on any atom is 0.306 e. The number of carbonyl (C=O) groups excluding carboxylic acids is 2. The fourth-order valence-corrected chi connectivity index (χ4v) is 5.75. The highest BCUT2D eigenvalue weighted by molar-refractivity contribution is 5.77. The minimum absolute atomic E-state index is 0.0499. The zero-order valence-electron chi connectivity index (χ0n) is 23.3. The zero-order valence-corrected chi connectivity index (χ0v) is 23.3. The number of nitrogens with one attached hydrogen (secondary N) is 1. The average molecular weight is 483 g/mol. The second-order valence-electron chi connectivity index (χ2n) is 12.3. The van der Waals surface area contributed by atoms with Crippen LogP contribution in [-0.2, 0) is 23.9 Å². The van der Waals surface area contributed by atoms with Gasteiger partial charge in [0.15, 0.2) is 0 Å². The van der Waals surface area contributed by atoms with Crippen molar-refractivity contribution in [3.05, 3.63) is 0 Å². The number of hydrogen-bond acceptors (Lipinski definition) is 7. The molecular formula is C27H50N2O5. The topological polar surface area (TPSA) is 77.1 Å². The molecule has 7 nitrogen and oxygen atoms in total. The Hall–Kier alpha value is -1.18. The van der Waals surface area contributed by atoms with Crippen LogP contribution < -0.4 is 5.32 Å². The minimum atomic E-state index is -0.333. The van der Waals surface area contributed by atoms with E-state index in [1.807, 2.05) is 0 Å². The third kappa shape index (κ3) is 7.17. The Bertz CT molecular complexity index is 677. The molecule has 0 bridgehead atoms. The van der Waals surface area contributed by atoms with Crippen LogP contribution in [0.4, 0.5) is 0 Å². The molecule has 1 N–H and O–H groups in total. The maximum absolute atomic E-state index is 12.6. The molecule has 4 unspecified atom stereocenters. The molecule has 2 heterocycles. The number of piperidine rings is 2. The van der Waals surface area contributed by atoms with Crippen molar-refractivity contribution >= 4 is 11.9 Å². The summed E-state index contributed by atoms with van der Waals surface area (Å²) in [6.45, 7) is 19.5. The van der Waals surface area contributed by atoms with Gasteiger partial charge in [-0.15, -0.1) is 0 Å². The second kappa shape index (κ2) is 11.7. The van der Waals surface area contributed by atoms with E-state index in [4.69, 9.17) is 14.3 Å². The van der Waals surface area contributed by atoms with Gasteiger partial charge in [0.25, 0.3) is 0 Å². The summed E-state index contributed by atoms with van der Waals surface area (Å²) in [7, 11) is 1.70. The fraction of sp³-hybridized carbons (Fsp3) is 0.926. The molecule has 0 aliphatic carbocycles. The van der Waals surface area contributed by atoms with Gasteiger partial charge in [0.1, 0.15) is 12.2 Å². The van der Waals surface area contributed by atoms with Crippen LogP contribution in [0.2, 0.25) is 0 Å². The van der Waals surface area contributed by atoms with E-state index in [0.29, 0.717) is 42.7 Å². The van der Waals surface area contributed by atoms with Gasteiger partial charge >= 0.3 is 11.9 Å². The first-order valence-corrected chi connectivity index (χ1v) is 13.2. The van der Waals surface area contributed by atoms with Crippen LogP contribution in [-0.4, -0.2) is 59.5 Å². The van der Waals surface area contributed by atoms with Crippen molar-refractivity contribution in [2.24, 2.45) is 17.8 Å². The van der Waals surface area contributed by atoms with Gasteiger partial charge in [-0.2, -0.15) is 5.06 Å². The lowest BCUT2D eigenvalue weighted by molar-refractivity contribution is -0.293. The Morgan fingerprint density at radius 3 is 1.74 bits per heavy atom. The van der Waals surface area contributed by atoms with Crippen LogP contribution >= 0.6 is 0 Å². The molecule has 0 saturated carbocycles. The summed E-state index contributed by atoms with van der Waals surface area (Å²) >= 11 is 0. The standard InChI is InChI=1S/C27H50N2O5/c1-17(2)22-13-20(14-23(28-22)18(3)4)33-24(30)11-12-25(31)34-21-15-26(7,8)29(32-10)27(9,16-21)19(5)6/h17-23,28H,11-16H2,1-10H3. The molecule has 198 valence electrons. The molecule has 2 rings (SSSR count). The third-order valence-electron chi connectivity index (χ3n) is 8.01. The highest BCUT2D eigenvalue weighted by Gasteiger charge is 2.51. The molecule has 2 aliphatic rings. The predicted octanol–water partition coefficient (Wildman–Crippen LogP) is 4.87. The molecule has 2 aliphatic heterocycles. The van der Waals surface area contributed by atoms with E-state index in [-0.39, 0.29) is 48.1 Å². The summed E-state index contributed by atoms with van der Waals surface area (Å²) in [5.41, 5.74) is -0.528. The van der Waals surface area contributed by atoms with E-state index >= 15 is 0 Å². The number of ether oxygens (including phenoxy) is 2. The van der Waals surface area contributed by atoms with Crippen LogP contribution in [0.1, 0.15) is 101 Å². The fourth-order valence-electron chi connectivity index (χ4n) is 5.75. The monoisotopic (exact) mass is 482 g/mol. The third-order valence-corrected chi connectivity index (χ3v) is 8.01. The summed E-state index contributed by atoms with van der Waals surface area (Å²) in [5.74, 6) is 0.624. The first kappa shape index (κ1) is 29.1. The number of esters is 2. The molecule has 0 amide bonds. The number of hydrogen-bond donors (Lipinski definition) is 1. The van der Waals surface area contributed by atoms with Gasteiger partial charge < -0.3 is 19.6 Å². The Morgan fingerprint density at radius 1 is 0.853 bits per heavy atom. The number of rotatable bonds is 9. The summed E-state index contributed by atoms with van der Waals surface area (Å²) < 4.78 is 11.7. The molecule has 0 aromatic heterocycles. The quantitative estimate of drug-likeness (QED) is 0.470. The molecule has 2 fully saturated rings. The maximum atomic E-state index is 12.6. The normalized spacial score (nSPS) is 32.3. The van der Waals surface area contributed by atoms with Gasteiger partial charge in [-0.05, 0) is 38.5 Å².